The van der Waals surface area contributed by atoms with Gasteiger partial charge < -0.3 is 10.2 Å². The summed E-state index contributed by atoms with van der Waals surface area (Å²) >= 11 is 0. The standard InChI is InChI=1S/C20H22F3N3O3S/c21-16-1-3-19(4-2-16)25-20(27)26-7-5-14(6-8-26)12-24-30(28,29)13-15-9-17(22)11-18(23)10-15/h1-4,9-11,14,24H,5-8,12-13H2,(H,25,27). The van der Waals surface area contributed by atoms with Crippen LogP contribution in [0.5, 0.6) is 0 Å². The van der Waals surface area contributed by atoms with Gasteiger partial charge in [-0.1, -0.05) is 0 Å². The zero-order valence-corrected chi connectivity index (χ0v) is 16.9. The molecule has 0 bridgehead atoms. The highest BCUT2D eigenvalue weighted by molar-refractivity contribution is 7.88. The van der Waals surface area contributed by atoms with Crippen molar-refractivity contribution in [3.8, 4) is 0 Å². The molecule has 1 aliphatic rings. The second kappa shape index (κ2) is 9.48. The smallest absolute Gasteiger partial charge is 0.321 e. The number of benzene rings is 2. The van der Waals surface area contributed by atoms with Crippen LogP contribution in [0.1, 0.15) is 18.4 Å². The average molecular weight is 441 g/mol. The van der Waals surface area contributed by atoms with Gasteiger partial charge in [0.15, 0.2) is 0 Å². The summed E-state index contributed by atoms with van der Waals surface area (Å²) in [5.41, 5.74) is 0.525. The number of carbonyl (C=O) groups excluding carboxylic acids is 1. The van der Waals surface area contributed by atoms with Crippen LogP contribution in [-0.2, 0) is 15.8 Å². The maximum Gasteiger partial charge on any atom is 0.321 e. The molecule has 2 aromatic rings. The molecule has 1 heterocycles. The molecule has 2 amide bonds. The van der Waals surface area contributed by atoms with Gasteiger partial charge in [0.25, 0.3) is 0 Å². The molecule has 6 nitrogen and oxygen atoms in total. The molecule has 0 aliphatic carbocycles. The summed E-state index contributed by atoms with van der Waals surface area (Å²) in [5.74, 6) is -2.52. The molecular weight excluding hydrogens is 419 g/mol. The summed E-state index contributed by atoms with van der Waals surface area (Å²) in [6, 6.07) is 7.82. The van der Waals surface area contributed by atoms with E-state index in [2.05, 4.69) is 10.0 Å². The summed E-state index contributed by atoms with van der Waals surface area (Å²) in [6.45, 7) is 1.09. The lowest BCUT2D eigenvalue weighted by Gasteiger charge is -2.32. The number of likely N-dealkylation sites (tertiary alicyclic amines) is 1. The second-order valence-electron chi connectivity index (χ2n) is 7.25. The third-order valence-electron chi connectivity index (χ3n) is 4.87. The van der Waals surface area contributed by atoms with Gasteiger partial charge in [-0.3, -0.25) is 0 Å². The number of carbonyl (C=O) groups is 1. The minimum Gasteiger partial charge on any atom is -0.325 e. The quantitative estimate of drug-likeness (QED) is 0.721. The SMILES string of the molecule is O=C(Nc1ccc(F)cc1)N1CCC(CNS(=O)(=O)Cc2cc(F)cc(F)c2)CC1. The van der Waals surface area contributed by atoms with E-state index in [1.807, 2.05) is 0 Å². The topological polar surface area (TPSA) is 78.5 Å². The Morgan fingerprint density at radius 2 is 1.57 bits per heavy atom. The van der Waals surface area contributed by atoms with Gasteiger partial charge in [0, 0.05) is 31.4 Å². The minimum atomic E-state index is -3.75. The Labute approximate surface area is 173 Å². The predicted molar refractivity (Wildman–Crippen MR) is 107 cm³/mol. The maximum absolute atomic E-state index is 13.2. The molecule has 162 valence electrons. The number of rotatable bonds is 6. The first-order chi connectivity index (χ1) is 14.2. The predicted octanol–water partition coefficient (Wildman–Crippen LogP) is 3.47. The first-order valence-corrected chi connectivity index (χ1v) is 11.1. The van der Waals surface area contributed by atoms with E-state index in [1.165, 1.54) is 24.3 Å². The second-order valence-corrected chi connectivity index (χ2v) is 9.06. The van der Waals surface area contributed by atoms with Crippen molar-refractivity contribution in [2.24, 2.45) is 5.92 Å². The van der Waals surface area contributed by atoms with Crippen molar-refractivity contribution in [2.75, 3.05) is 25.0 Å². The van der Waals surface area contributed by atoms with Crippen molar-refractivity contribution in [2.45, 2.75) is 18.6 Å². The van der Waals surface area contributed by atoms with Gasteiger partial charge >= 0.3 is 6.03 Å². The molecule has 10 heteroatoms. The maximum atomic E-state index is 13.2. The van der Waals surface area contributed by atoms with Gasteiger partial charge in [0.05, 0.1) is 5.75 Å². The fourth-order valence-corrected chi connectivity index (χ4v) is 4.48. The average Bonchev–Trinajstić information content (AvgIpc) is 2.67. The Hall–Kier alpha value is -2.59. The molecule has 0 saturated carbocycles. The highest BCUT2D eigenvalue weighted by Gasteiger charge is 2.24. The Morgan fingerprint density at radius 3 is 2.17 bits per heavy atom. The zero-order chi connectivity index (χ0) is 21.7. The molecular formula is C20H22F3N3O3S. The molecule has 0 radical (unpaired) electrons. The van der Waals surface area contributed by atoms with Crippen molar-refractivity contribution < 1.29 is 26.4 Å². The van der Waals surface area contributed by atoms with Crippen LogP contribution in [-0.4, -0.2) is 39.0 Å². The van der Waals surface area contributed by atoms with Gasteiger partial charge in [-0.25, -0.2) is 31.1 Å². The number of hydrogen-bond donors (Lipinski definition) is 2. The van der Waals surface area contributed by atoms with Crippen LogP contribution in [0.3, 0.4) is 0 Å². The number of nitrogens with zero attached hydrogens (tertiary/aromatic N) is 1. The van der Waals surface area contributed by atoms with Gasteiger partial charge in [0.2, 0.25) is 10.0 Å². The minimum absolute atomic E-state index is 0.0345. The van der Waals surface area contributed by atoms with Crippen molar-refractivity contribution >= 4 is 21.7 Å². The summed E-state index contributed by atoms with van der Waals surface area (Å²) < 4.78 is 66.3. The van der Waals surface area contributed by atoms with Crippen LogP contribution < -0.4 is 10.0 Å². The largest absolute Gasteiger partial charge is 0.325 e. The molecule has 1 saturated heterocycles. The lowest BCUT2D eigenvalue weighted by atomic mass is 9.97. The summed E-state index contributed by atoms with van der Waals surface area (Å²) in [7, 11) is -3.75. The van der Waals surface area contributed by atoms with Crippen LogP contribution in [0.4, 0.5) is 23.7 Å². The summed E-state index contributed by atoms with van der Waals surface area (Å²) in [6.07, 6.45) is 1.21. The first kappa shape index (κ1) is 22.1. The van der Waals surface area contributed by atoms with E-state index in [0.717, 1.165) is 12.1 Å². The lowest BCUT2D eigenvalue weighted by molar-refractivity contribution is 0.183. The Kier molecular flexibility index (Phi) is 6.99. The van der Waals surface area contributed by atoms with E-state index in [1.54, 1.807) is 4.90 Å². The third kappa shape index (κ3) is 6.46. The van der Waals surface area contributed by atoms with Crippen molar-refractivity contribution in [1.29, 1.82) is 0 Å². The molecule has 0 aromatic heterocycles. The fourth-order valence-electron chi connectivity index (χ4n) is 3.29. The first-order valence-electron chi connectivity index (χ1n) is 9.44. The van der Waals surface area contributed by atoms with Gasteiger partial charge in [-0.15, -0.1) is 0 Å². The van der Waals surface area contributed by atoms with E-state index in [4.69, 9.17) is 0 Å². The van der Waals surface area contributed by atoms with Crippen LogP contribution in [0, 0.1) is 23.4 Å². The molecule has 3 rings (SSSR count). The number of urea groups is 1. The van der Waals surface area contributed by atoms with E-state index in [-0.39, 0.29) is 24.1 Å². The molecule has 1 aliphatic heterocycles. The monoisotopic (exact) mass is 441 g/mol. The Morgan fingerprint density at radius 1 is 0.967 bits per heavy atom. The van der Waals surface area contributed by atoms with E-state index in [9.17, 15) is 26.4 Å². The third-order valence-corrected chi connectivity index (χ3v) is 6.19. The van der Waals surface area contributed by atoms with Crippen LogP contribution in [0.15, 0.2) is 42.5 Å². The molecule has 0 unspecified atom stereocenters. The molecule has 2 N–H and O–H groups in total. The number of amides is 2. The Bertz CT molecular complexity index is 972. The highest BCUT2D eigenvalue weighted by Crippen LogP contribution is 2.19. The van der Waals surface area contributed by atoms with E-state index < -0.39 is 33.2 Å². The number of anilines is 1. The normalized spacial score (nSPS) is 15.2. The molecule has 1 fully saturated rings. The molecule has 0 spiro atoms. The number of halogens is 3. The number of nitrogens with one attached hydrogen (secondary N) is 2. The van der Waals surface area contributed by atoms with Gasteiger partial charge in [-0.05, 0) is 60.7 Å². The van der Waals surface area contributed by atoms with Crippen molar-refractivity contribution in [3.05, 3.63) is 65.5 Å². The van der Waals surface area contributed by atoms with Crippen LogP contribution >= 0.6 is 0 Å². The highest BCUT2D eigenvalue weighted by atomic mass is 32.2. The zero-order valence-electron chi connectivity index (χ0n) is 16.1. The number of piperidine rings is 1. The van der Waals surface area contributed by atoms with Gasteiger partial charge in [-0.2, -0.15) is 0 Å². The number of hydrogen-bond acceptors (Lipinski definition) is 3. The molecule has 0 atom stereocenters. The van der Waals surface area contributed by atoms with Gasteiger partial charge in [0.1, 0.15) is 17.5 Å². The Balaban J connectivity index is 1.44. The lowest BCUT2D eigenvalue weighted by Crippen LogP contribution is -2.43. The summed E-state index contributed by atoms with van der Waals surface area (Å²) in [5, 5.41) is 2.69. The summed E-state index contributed by atoms with van der Waals surface area (Å²) in [4.78, 5) is 13.9. The molecule has 2 aromatic carbocycles. The number of sulfonamides is 1. The van der Waals surface area contributed by atoms with Crippen LogP contribution in [0.25, 0.3) is 0 Å². The molecule has 30 heavy (non-hydrogen) atoms. The van der Waals surface area contributed by atoms with Crippen molar-refractivity contribution in [1.82, 2.24) is 9.62 Å². The van der Waals surface area contributed by atoms with E-state index in [0.29, 0.717) is 37.7 Å². The van der Waals surface area contributed by atoms with E-state index >= 15 is 0 Å². The van der Waals surface area contributed by atoms with Crippen LogP contribution in [0.2, 0.25) is 0 Å². The fraction of sp³-hybridized carbons (Fsp3) is 0.350. The van der Waals surface area contributed by atoms with Crippen molar-refractivity contribution in [3.63, 3.8) is 0 Å².